The number of hydrogen-bond acceptors (Lipinski definition) is 4. The van der Waals surface area contributed by atoms with Crippen molar-refractivity contribution in [3.8, 4) is 0 Å². The lowest BCUT2D eigenvalue weighted by molar-refractivity contribution is -0.123. The molecule has 2 saturated heterocycles. The van der Waals surface area contributed by atoms with Gasteiger partial charge in [0.25, 0.3) is 5.91 Å². The fraction of sp³-hybridized carbons (Fsp3) is 0.333. The first-order valence-electron chi connectivity index (χ1n) is 9.25. The van der Waals surface area contributed by atoms with Gasteiger partial charge in [0, 0.05) is 32.7 Å². The predicted molar refractivity (Wildman–Crippen MR) is 101 cm³/mol. The number of halogens is 1. The van der Waals surface area contributed by atoms with E-state index in [0.717, 1.165) is 37.6 Å². The lowest BCUT2D eigenvalue weighted by Gasteiger charge is -2.37. The predicted octanol–water partition coefficient (Wildman–Crippen LogP) is 2.28. The maximum atomic E-state index is 14.0. The molecule has 0 aliphatic carbocycles. The van der Waals surface area contributed by atoms with Crippen molar-refractivity contribution in [3.05, 3.63) is 66.0 Å². The minimum absolute atomic E-state index is 0.0534. The molecule has 27 heavy (non-hydrogen) atoms. The Morgan fingerprint density at radius 1 is 0.889 bits per heavy atom. The first kappa shape index (κ1) is 17.8. The Hall–Kier alpha value is -2.57. The van der Waals surface area contributed by atoms with E-state index in [9.17, 15) is 14.0 Å². The van der Waals surface area contributed by atoms with Crippen LogP contribution in [-0.4, -0.2) is 53.8 Å². The number of para-hydroxylation sites is 1. The van der Waals surface area contributed by atoms with E-state index in [-0.39, 0.29) is 23.9 Å². The van der Waals surface area contributed by atoms with Gasteiger partial charge in [0.05, 0.1) is 18.2 Å². The Kier molecular flexibility index (Phi) is 5.01. The number of anilines is 1. The maximum Gasteiger partial charge on any atom is 0.251 e. The molecule has 2 aliphatic heterocycles. The van der Waals surface area contributed by atoms with E-state index in [0.29, 0.717) is 0 Å². The SMILES string of the molecule is O=C1CC(N2CCN(Cc3ccccc3)CC2)C(=O)N1c1ccccc1F. The molecule has 2 aliphatic rings. The Bertz CT molecular complexity index is 834. The van der Waals surface area contributed by atoms with E-state index in [1.54, 1.807) is 12.1 Å². The number of benzene rings is 2. The number of carbonyl (C=O) groups is 2. The summed E-state index contributed by atoms with van der Waals surface area (Å²) in [6.45, 7) is 4.01. The number of carbonyl (C=O) groups excluding carboxylic acids is 2. The van der Waals surface area contributed by atoms with Gasteiger partial charge in [-0.2, -0.15) is 0 Å². The minimum Gasteiger partial charge on any atom is -0.297 e. The molecule has 140 valence electrons. The molecule has 2 fully saturated rings. The van der Waals surface area contributed by atoms with Crippen LogP contribution in [0.5, 0.6) is 0 Å². The van der Waals surface area contributed by atoms with Gasteiger partial charge in [-0.25, -0.2) is 9.29 Å². The zero-order valence-electron chi connectivity index (χ0n) is 15.1. The molecule has 0 spiro atoms. The lowest BCUT2D eigenvalue weighted by atomic mass is 10.1. The van der Waals surface area contributed by atoms with Crippen molar-refractivity contribution >= 4 is 17.5 Å². The molecule has 0 saturated carbocycles. The van der Waals surface area contributed by atoms with Crippen molar-refractivity contribution in [3.63, 3.8) is 0 Å². The molecule has 0 radical (unpaired) electrons. The molecule has 4 rings (SSSR count). The fourth-order valence-electron chi connectivity index (χ4n) is 3.86. The van der Waals surface area contributed by atoms with Crippen LogP contribution in [0.15, 0.2) is 54.6 Å². The quantitative estimate of drug-likeness (QED) is 0.778. The van der Waals surface area contributed by atoms with Gasteiger partial charge in [-0.15, -0.1) is 0 Å². The lowest BCUT2D eigenvalue weighted by Crippen LogP contribution is -2.52. The van der Waals surface area contributed by atoms with Crippen molar-refractivity contribution in [2.24, 2.45) is 0 Å². The van der Waals surface area contributed by atoms with E-state index >= 15 is 0 Å². The molecule has 0 N–H and O–H groups in total. The zero-order chi connectivity index (χ0) is 18.8. The highest BCUT2D eigenvalue weighted by molar-refractivity contribution is 6.22. The number of imide groups is 1. The largest absolute Gasteiger partial charge is 0.297 e. The molecule has 2 aromatic carbocycles. The smallest absolute Gasteiger partial charge is 0.251 e. The van der Waals surface area contributed by atoms with Gasteiger partial charge in [0.1, 0.15) is 5.82 Å². The number of nitrogens with zero attached hydrogens (tertiary/aromatic N) is 3. The van der Waals surface area contributed by atoms with Crippen LogP contribution in [0.1, 0.15) is 12.0 Å². The Morgan fingerprint density at radius 2 is 1.56 bits per heavy atom. The van der Waals surface area contributed by atoms with Crippen LogP contribution in [0.3, 0.4) is 0 Å². The minimum atomic E-state index is -0.549. The third kappa shape index (κ3) is 3.63. The molecule has 0 bridgehead atoms. The molecular weight excluding hydrogens is 345 g/mol. The molecule has 2 aromatic rings. The molecule has 1 unspecified atom stereocenters. The maximum absolute atomic E-state index is 14.0. The standard InChI is InChI=1S/C21H22FN3O2/c22-17-8-4-5-9-18(17)25-20(26)14-19(21(25)27)24-12-10-23(11-13-24)15-16-6-2-1-3-7-16/h1-9,19H,10-15H2. The molecule has 1 atom stereocenters. The molecule has 2 heterocycles. The summed E-state index contributed by atoms with van der Waals surface area (Å²) in [5.74, 6) is -1.20. The van der Waals surface area contributed by atoms with Gasteiger partial charge < -0.3 is 0 Å². The van der Waals surface area contributed by atoms with Gasteiger partial charge in [0.15, 0.2) is 0 Å². The summed E-state index contributed by atoms with van der Waals surface area (Å²) in [5, 5.41) is 0. The Morgan fingerprint density at radius 3 is 2.26 bits per heavy atom. The Labute approximate surface area is 158 Å². The van der Waals surface area contributed by atoms with Crippen LogP contribution < -0.4 is 4.90 Å². The zero-order valence-corrected chi connectivity index (χ0v) is 15.1. The second-order valence-corrected chi connectivity index (χ2v) is 7.04. The van der Waals surface area contributed by atoms with Crippen molar-refractivity contribution in [1.29, 1.82) is 0 Å². The van der Waals surface area contributed by atoms with Gasteiger partial charge in [0.2, 0.25) is 5.91 Å². The summed E-state index contributed by atoms with van der Waals surface area (Å²) < 4.78 is 14.0. The number of amides is 2. The summed E-state index contributed by atoms with van der Waals surface area (Å²) in [4.78, 5) is 30.6. The Balaban J connectivity index is 1.40. The monoisotopic (exact) mass is 367 g/mol. The highest BCUT2D eigenvalue weighted by Gasteiger charge is 2.44. The third-order valence-electron chi connectivity index (χ3n) is 5.31. The van der Waals surface area contributed by atoms with Crippen molar-refractivity contribution in [1.82, 2.24) is 9.80 Å². The average molecular weight is 367 g/mol. The van der Waals surface area contributed by atoms with Crippen LogP contribution in [-0.2, 0) is 16.1 Å². The molecule has 6 heteroatoms. The number of hydrogen-bond donors (Lipinski definition) is 0. The first-order chi connectivity index (χ1) is 13.1. The summed E-state index contributed by atoms with van der Waals surface area (Å²) in [6, 6.07) is 15.7. The summed E-state index contributed by atoms with van der Waals surface area (Å²) in [5.41, 5.74) is 1.32. The van der Waals surface area contributed by atoms with Crippen LogP contribution in [0, 0.1) is 5.82 Å². The van der Waals surface area contributed by atoms with Crippen LogP contribution in [0.2, 0.25) is 0 Å². The fourth-order valence-corrected chi connectivity index (χ4v) is 3.86. The highest BCUT2D eigenvalue weighted by Crippen LogP contribution is 2.28. The van der Waals surface area contributed by atoms with Crippen LogP contribution in [0.25, 0.3) is 0 Å². The van der Waals surface area contributed by atoms with Crippen molar-refractivity contribution in [2.75, 3.05) is 31.1 Å². The van der Waals surface area contributed by atoms with E-state index in [2.05, 4.69) is 21.9 Å². The average Bonchev–Trinajstić information content (AvgIpc) is 2.98. The highest BCUT2D eigenvalue weighted by atomic mass is 19.1. The molecule has 0 aromatic heterocycles. The van der Waals surface area contributed by atoms with Gasteiger partial charge in [-0.05, 0) is 17.7 Å². The van der Waals surface area contributed by atoms with Crippen molar-refractivity contribution < 1.29 is 14.0 Å². The van der Waals surface area contributed by atoms with E-state index in [4.69, 9.17) is 0 Å². The molecule has 2 amide bonds. The summed E-state index contributed by atoms with van der Waals surface area (Å²) in [7, 11) is 0. The van der Waals surface area contributed by atoms with Crippen LogP contribution >= 0.6 is 0 Å². The van der Waals surface area contributed by atoms with Crippen molar-refractivity contribution in [2.45, 2.75) is 19.0 Å². The first-order valence-corrected chi connectivity index (χ1v) is 9.25. The second kappa shape index (κ2) is 7.58. The summed E-state index contributed by atoms with van der Waals surface area (Å²) >= 11 is 0. The van der Waals surface area contributed by atoms with E-state index < -0.39 is 11.9 Å². The third-order valence-corrected chi connectivity index (χ3v) is 5.31. The number of rotatable bonds is 4. The number of piperazine rings is 1. The van der Waals surface area contributed by atoms with Gasteiger partial charge >= 0.3 is 0 Å². The van der Waals surface area contributed by atoms with Crippen LogP contribution in [0.4, 0.5) is 10.1 Å². The molecule has 5 nitrogen and oxygen atoms in total. The van der Waals surface area contributed by atoms with E-state index in [1.807, 2.05) is 18.2 Å². The van der Waals surface area contributed by atoms with E-state index in [1.165, 1.54) is 17.7 Å². The normalized spacial score (nSPS) is 21.8. The topological polar surface area (TPSA) is 43.9 Å². The second-order valence-electron chi connectivity index (χ2n) is 7.04. The van der Waals surface area contributed by atoms with Gasteiger partial charge in [-0.1, -0.05) is 42.5 Å². The van der Waals surface area contributed by atoms with Gasteiger partial charge in [-0.3, -0.25) is 19.4 Å². The molecular formula is C21H22FN3O2. The summed E-state index contributed by atoms with van der Waals surface area (Å²) in [6.07, 6.45) is 0.117.